The molecule has 0 unspecified atom stereocenters. The maximum Gasteiger partial charge on any atom is 0.123 e. The second kappa shape index (κ2) is 5.62. The molecule has 2 aromatic carbocycles. The predicted molar refractivity (Wildman–Crippen MR) is 88.6 cm³/mol. The second-order valence-electron chi connectivity index (χ2n) is 4.84. The van der Waals surface area contributed by atoms with Crippen LogP contribution in [0.4, 0.5) is 10.1 Å². The highest BCUT2D eigenvalue weighted by molar-refractivity contribution is 7.98. The van der Waals surface area contributed by atoms with Gasteiger partial charge in [0.2, 0.25) is 0 Å². The van der Waals surface area contributed by atoms with Crippen molar-refractivity contribution in [2.24, 2.45) is 0 Å². The van der Waals surface area contributed by atoms with E-state index in [2.05, 4.69) is 0 Å². The van der Waals surface area contributed by atoms with Crippen LogP contribution >= 0.6 is 23.4 Å². The van der Waals surface area contributed by atoms with Crippen LogP contribution in [0.25, 0.3) is 10.9 Å². The Labute approximate surface area is 131 Å². The van der Waals surface area contributed by atoms with Crippen molar-refractivity contribution in [1.82, 2.24) is 4.57 Å². The monoisotopic (exact) mass is 320 g/mol. The lowest BCUT2D eigenvalue weighted by molar-refractivity contribution is 0.624. The fourth-order valence-corrected chi connectivity index (χ4v) is 3.26. The molecule has 0 amide bonds. The Morgan fingerprint density at radius 2 is 2.05 bits per heavy atom. The first-order valence-corrected chi connectivity index (χ1v) is 8.05. The van der Waals surface area contributed by atoms with Gasteiger partial charge in [-0.15, -0.1) is 11.8 Å². The van der Waals surface area contributed by atoms with E-state index in [9.17, 15) is 4.39 Å². The third kappa shape index (κ3) is 2.74. The number of nitrogen functional groups attached to an aromatic ring is 1. The Balaban J connectivity index is 2.09. The molecule has 0 aliphatic carbocycles. The molecule has 2 N–H and O–H groups in total. The van der Waals surface area contributed by atoms with Crippen LogP contribution in [-0.4, -0.2) is 10.8 Å². The molecule has 21 heavy (non-hydrogen) atoms. The molecule has 0 saturated heterocycles. The van der Waals surface area contributed by atoms with Gasteiger partial charge in [0, 0.05) is 33.7 Å². The standard InChI is InChI=1S/C16H14ClFN2S/c1-21-16-8-12(19)7-15-13(16)4-5-20(15)9-10-6-11(18)2-3-14(10)17/h2-8H,9,19H2,1H3. The Hall–Kier alpha value is -1.65. The fourth-order valence-electron chi connectivity index (χ4n) is 2.44. The van der Waals surface area contributed by atoms with E-state index in [1.54, 1.807) is 17.8 Å². The van der Waals surface area contributed by atoms with Crippen molar-refractivity contribution in [2.45, 2.75) is 11.4 Å². The van der Waals surface area contributed by atoms with Crippen molar-refractivity contribution >= 4 is 40.0 Å². The smallest absolute Gasteiger partial charge is 0.123 e. The average molecular weight is 321 g/mol. The number of nitrogens with zero attached hydrogens (tertiary/aromatic N) is 1. The summed E-state index contributed by atoms with van der Waals surface area (Å²) in [4.78, 5) is 1.13. The Morgan fingerprint density at radius 3 is 2.81 bits per heavy atom. The van der Waals surface area contributed by atoms with Crippen LogP contribution in [-0.2, 0) is 6.54 Å². The number of aromatic nitrogens is 1. The van der Waals surface area contributed by atoms with Crippen LogP contribution in [0.1, 0.15) is 5.56 Å². The molecular formula is C16H14ClFN2S. The maximum absolute atomic E-state index is 13.4. The summed E-state index contributed by atoms with van der Waals surface area (Å²) in [6, 6.07) is 10.4. The molecule has 0 atom stereocenters. The van der Waals surface area contributed by atoms with Crippen molar-refractivity contribution in [3.63, 3.8) is 0 Å². The number of hydrogen-bond donors (Lipinski definition) is 1. The van der Waals surface area contributed by atoms with Gasteiger partial charge in [0.1, 0.15) is 5.82 Å². The first-order valence-electron chi connectivity index (χ1n) is 6.45. The molecule has 5 heteroatoms. The van der Waals surface area contributed by atoms with Gasteiger partial charge >= 0.3 is 0 Å². The molecular weight excluding hydrogens is 307 g/mol. The molecule has 2 nitrogen and oxygen atoms in total. The quantitative estimate of drug-likeness (QED) is 0.556. The van der Waals surface area contributed by atoms with Crippen LogP contribution in [0.5, 0.6) is 0 Å². The molecule has 1 aromatic heterocycles. The summed E-state index contributed by atoms with van der Waals surface area (Å²) in [5.74, 6) is -0.282. The van der Waals surface area contributed by atoms with Gasteiger partial charge in [0.05, 0.1) is 5.52 Å². The summed E-state index contributed by atoms with van der Waals surface area (Å²) in [7, 11) is 0. The number of hydrogen-bond acceptors (Lipinski definition) is 2. The summed E-state index contributed by atoms with van der Waals surface area (Å²) in [6.45, 7) is 0.511. The third-order valence-corrected chi connectivity index (χ3v) is 4.59. The van der Waals surface area contributed by atoms with E-state index in [1.165, 1.54) is 12.1 Å². The number of anilines is 1. The largest absolute Gasteiger partial charge is 0.399 e. The first-order chi connectivity index (χ1) is 10.1. The number of nitrogens with two attached hydrogens (primary N) is 1. The first kappa shape index (κ1) is 14.3. The zero-order valence-electron chi connectivity index (χ0n) is 11.4. The molecule has 0 fully saturated rings. The highest BCUT2D eigenvalue weighted by Gasteiger charge is 2.09. The highest BCUT2D eigenvalue weighted by atomic mass is 35.5. The van der Waals surface area contributed by atoms with E-state index in [0.29, 0.717) is 11.6 Å². The number of halogens is 2. The van der Waals surface area contributed by atoms with Gasteiger partial charge in [-0.3, -0.25) is 0 Å². The van der Waals surface area contributed by atoms with Crippen molar-refractivity contribution in [1.29, 1.82) is 0 Å². The lowest BCUT2D eigenvalue weighted by Crippen LogP contribution is -2.00. The van der Waals surface area contributed by atoms with Gasteiger partial charge in [-0.05, 0) is 48.2 Å². The van der Waals surface area contributed by atoms with Gasteiger partial charge in [-0.2, -0.15) is 0 Å². The summed E-state index contributed by atoms with van der Waals surface area (Å²) in [6.07, 6.45) is 4.00. The minimum absolute atomic E-state index is 0.282. The SMILES string of the molecule is CSc1cc(N)cc2c1ccn2Cc1cc(F)ccc1Cl. The van der Waals surface area contributed by atoms with Crippen LogP contribution < -0.4 is 5.73 Å². The predicted octanol–water partition coefficient (Wildman–Crippen LogP) is 4.79. The van der Waals surface area contributed by atoms with E-state index >= 15 is 0 Å². The Bertz CT molecular complexity index is 813. The van der Waals surface area contributed by atoms with E-state index in [1.807, 2.05) is 35.2 Å². The van der Waals surface area contributed by atoms with Crippen molar-refractivity contribution in [2.75, 3.05) is 12.0 Å². The van der Waals surface area contributed by atoms with Crippen LogP contribution in [0.3, 0.4) is 0 Å². The Kier molecular flexibility index (Phi) is 3.83. The van der Waals surface area contributed by atoms with Gasteiger partial charge in [-0.25, -0.2) is 4.39 Å². The Morgan fingerprint density at radius 1 is 1.24 bits per heavy atom. The summed E-state index contributed by atoms with van der Waals surface area (Å²) in [5.41, 5.74) is 8.46. The van der Waals surface area contributed by atoms with Crippen LogP contribution in [0.2, 0.25) is 5.02 Å². The third-order valence-electron chi connectivity index (χ3n) is 3.44. The van der Waals surface area contributed by atoms with Gasteiger partial charge in [0.15, 0.2) is 0 Å². The second-order valence-corrected chi connectivity index (χ2v) is 6.09. The van der Waals surface area contributed by atoms with Crippen molar-refractivity contribution in [3.8, 4) is 0 Å². The number of benzene rings is 2. The van der Waals surface area contributed by atoms with E-state index in [4.69, 9.17) is 17.3 Å². The fraction of sp³-hybridized carbons (Fsp3) is 0.125. The van der Waals surface area contributed by atoms with Crippen LogP contribution in [0, 0.1) is 5.82 Å². The van der Waals surface area contributed by atoms with Crippen LogP contribution in [0.15, 0.2) is 47.5 Å². The topological polar surface area (TPSA) is 30.9 Å². The zero-order chi connectivity index (χ0) is 15.0. The summed E-state index contributed by atoms with van der Waals surface area (Å²) >= 11 is 7.80. The van der Waals surface area contributed by atoms with Crippen molar-refractivity contribution in [3.05, 3.63) is 59.0 Å². The summed E-state index contributed by atoms with van der Waals surface area (Å²) in [5, 5.41) is 1.71. The molecule has 0 saturated carbocycles. The van der Waals surface area contributed by atoms with E-state index in [0.717, 1.165) is 27.0 Å². The van der Waals surface area contributed by atoms with E-state index in [-0.39, 0.29) is 5.82 Å². The molecule has 1 heterocycles. The highest BCUT2D eigenvalue weighted by Crippen LogP contribution is 2.31. The van der Waals surface area contributed by atoms with E-state index < -0.39 is 0 Å². The molecule has 108 valence electrons. The van der Waals surface area contributed by atoms with Gasteiger partial charge in [0.25, 0.3) is 0 Å². The molecule has 0 radical (unpaired) electrons. The van der Waals surface area contributed by atoms with Crippen molar-refractivity contribution < 1.29 is 4.39 Å². The zero-order valence-corrected chi connectivity index (χ0v) is 13.0. The molecule has 3 rings (SSSR count). The van der Waals surface area contributed by atoms with Gasteiger partial charge in [-0.1, -0.05) is 11.6 Å². The number of rotatable bonds is 3. The minimum Gasteiger partial charge on any atom is -0.399 e. The summed E-state index contributed by atoms with van der Waals surface area (Å²) < 4.78 is 15.4. The number of thioether (sulfide) groups is 1. The average Bonchev–Trinajstić information content (AvgIpc) is 2.85. The molecule has 3 aromatic rings. The normalized spacial score (nSPS) is 11.2. The minimum atomic E-state index is -0.282. The number of fused-ring (bicyclic) bond motifs is 1. The molecule has 0 aliphatic heterocycles. The maximum atomic E-state index is 13.4. The lowest BCUT2D eigenvalue weighted by atomic mass is 10.2. The molecule has 0 spiro atoms. The molecule has 0 bridgehead atoms. The molecule has 0 aliphatic rings. The lowest BCUT2D eigenvalue weighted by Gasteiger charge is -2.09. The van der Waals surface area contributed by atoms with Gasteiger partial charge < -0.3 is 10.3 Å².